The summed E-state index contributed by atoms with van der Waals surface area (Å²) in [4.78, 5) is 10.5. The molecule has 0 spiro atoms. The Kier molecular flexibility index (Phi) is 4.11. The number of benzene rings is 2. The molecule has 2 aromatic carbocycles. The number of hydrogen-bond acceptors (Lipinski definition) is 4. The molecule has 0 heterocycles. The van der Waals surface area contributed by atoms with Crippen molar-refractivity contribution in [3.63, 3.8) is 0 Å². The molecule has 5 nitrogen and oxygen atoms in total. The van der Waals surface area contributed by atoms with E-state index in [1.54, 1.807) is 24.3 Å². The molecule has 0 unspecified atom stereocenters. The highest BCUT2D eigenvalue weighted by molar-refractivity contribution is 14.1. The molecule has 0 aliphatic rings. The van der Waals surface area contributed by atoms with Gasteiger partial charge in [-0.15, -0.1) is 0 Å². The van der Waals surface area contributed by atoms with Gasteiger partial charge in [-0.05, 0) is 52.9 Å². The third kappa shape index (κ3) is 3.07. The summed E-state index contributed by atoms with van der Waals surface area (Å²) in [5.41, 5.74) is 6.48. The summed E-state index contributed by atoms with van der Waals surface area (Å²) in [6.07, 6.45) is 0. The van der Waals surface area contributed by atoms with Gasteiger partial charge in [0.15, 0.2) is 0 Å². The average molecular weight is 390 g/mol. The number of nitrogens with zero attached hydrogens (tertiary/aromatic N) is 1. The molecular weight excluding hydrogens is 381 g/mol. The topological polar surface area (TPSA) is 81.2 Å². The van der Waals surface area contributed by atoms with Crippen LogP contribution in [0.3, 0.4) is 0 Å². The summed E-state index contributed by atoms with van der Waals surface area (Å²) in [5.74, 6) is 0. The normalized spacial score (nSPS) is 10.2. The Hall–Kier alpha value is -1.54. The number of rotatable bonds is 3. The van der Waals surface area contributed by atoms with E-state index in [1.807, 2.05) is 6.07 Å². The van der Waals surface area contributed by atoms with Crippen LogP contribution < -0.4 is 11.1 Å². The predicted octanol–water partition coefficient (Wildman–Crippen LogP) is 4.18. The van der Waals surface area contributed by atoms with Crippen LogP contribution in [0.25, 0.3) is 0 Å². The number of nitro benzene ring substituents is 1. The van der Waals surface area contributed by atoms with E-state index in [1.165, 1.54) is 6.07 Å². The molecule has 0 radical (unpaired) electrons. The highest BCUT2D eigenvalue weighted by Crippen LogP contribution is 2.35. The van der Waals surface area contributed by atoms with E-state index in [2.05, 4.69) is 27.9 Å². The minimum atomic E-state index is -0.516. The van der Waals surface area contributed by atoms with Crippen molar-refractivity contribution < 1.29 is 4.92 Å². The van der Waals surface area contributed by atoms with Gasteiger partial charge in [-0.25, -0.2) is 0 Å². The first-order valence-electron chi connectivity index (χ1n) is 5.24. The van der Waals surface area contributed by atoms with Crippen LogP contribution in [0.5, 0.6) is 0 Å². The van der Waals surface area contributed by atoms with Gasteiger partial charge in [0.2, 0.25) is 0 Å². The number of nitrogens with one attached hydrogen (secondary N) is 1. The van der Waals surface area contributed by atoms with Crippen molar-refractivity contribution in [1.29, 1.82) is 0 Å². The molecule has 3 N–H and O–H groups in total. The first-order valence-corrected chi connectivity index (χ1v) is 6.69. The summed E-state index contributed by atoms with van der Waals surface area (Å²) in [7, 11) is 0. The molecular formula is C12H9ClIN3O2. The third-order valence-corrected chi connectivity index (χ3v) is 3.43. The van der Waals surface area contributed by atoms with E-state index in [4.69, 9.17) is 17.3 Å². The van der Waals surface area contributed by atoms with Crippen LogP contribution in [0.4, 0.5) is 22.7 Å². The number of anilines is 3. The minimum absolute atomic E-state index is 0.108. The molecule has 0 amide bonds. The molecule has 98 valence electrons. The van der Waals surface area contributed by atoms with Gasteiger partial charge in [0.25, 0.3) is 0 Å². The first-order chi connectivity index (χ1) is 8.99. The molecule has 0 bridgehead atoms. The maximum absolute atomic E-state index is 11.0. The zero-order valence-electron chi connectivity index (χ0n) is 9.56. The molecule has 7 heteroatoms. The van der Waals surface area contributed by atoms with Crippen LogP contribution in [0.2, 0.25) is 5.02 Å². The maximum atomic E-state index is 11.0. The van der Waals surface area contributed by atoms with Gasteiger partial charge in [0, 0.05) is 3.57 Å². The lowest BCUT2D eigenvalue weighted by Crippen LogP contribution is -2.01. The number of para-hydroxylation sites is 1. The average Bonchev–Trinajstić information content (AvgIpc) is 2.32. The zero-order chi connectivity index (χ0) is 14.0. The fourth-order valence-electron chi connectivity index (χ4n) is 1.60. The van der Waals surface area contributed by atoms with E-state index in [0.717, 1.165) is 3.57 Å². The second-order valence-electron chi connectivity index (χ2n) is 3.75. The molecule has 0 saturated heterocycles. The number of hydrogen-bond donors (Lipinski definition) is 2. The van der Waals surface area contributed by atoms with Crippen molar-refractivity contribution in [2.75, 3.05) is 11.1 Å². The molecule has 0 saturated carbocycles. The van der Waals surface area contributed by atoms with Crippen molar-refractivity contribution in [1.82, 2.24) is 0 Å². The summed E-state index contributed by atoms with van der Waals surface area (Å²) in [6, 6.07) is 10.1. The predicted molar refractivity (Wildman–Crippen MR) is 85.0 cm³/mol. The van der Waals surface area contributed by atoms with Crippen molar-refractivity contribution in [3.8, 4) is 0 Å². The molecule has 0 aliphatic carbocycles. The monoisotopic (exact) mass is 389 g/mol. The number of nitrogens with two attached hydrogens (primary N) is 1. The lowest BCUT2D eigenvalue weighted by molar-refractivity contribution is -0.383. The van der Waals surface area contributed by atoms with Crippen molar-refractivity contribution in [3.05, 3.63) is 55.1 Å². The van der Waals surface area contributed by atoms with Crippen molar-refractivity contribution in [2.45, 2.75) is 0 Å². The maximum Gasteiger partial charge on any atom is 0.315 e. The zero-order valence-corrected chi connectivity index (χ0v) is 12.5. The first kappa shape index (κ1) is 13.9. The van der Waals surface area contributed by atoms with Gasteiger partial charge < -0.3 is 11.1 Å². The van der Waals surface area contributed by atoms with E-state index in [-0.39, 0.29) is 11.4 Å². The van der Waals surface area contributed by atoms with E-state index >= 15 is 0 Å². The van der Waals surface area contributed by atoms with E-state index < -0.39 is 4.92 Å². The molecule has 0 fully saturated rings. The molecule has 0 aliphatic heterocycles. The van der Waals surface area contributed by atoms with Crippen LogP contribution in [-0.2, 0) is 0 Å². The fraction of sp³-hybridized carbons (Fsp3) is 0. The van der Waals surface area contributed by atoms with Gasteiger partial charge in [-0.1, -0.05) is 17.7 Å². The SMILES string of the molecule is Nc1cccc(Nc2ccc(I)cc2Cl)c1[N+](=O)[O-]. The summed E-state index contributed by atoms with van der Waals surface area (Å²) >= 11 is 8.22. The van der Waals surface area contributed by atoms with Crippen LogP contribution in [0.15, 0.2) is 36.4 Å². The number of nitrogen functional groups attached to an aromatic ring is 1. The largest absolute Gasteiger partial charge is 0.393 e. The molecule has 0 aromatic heterocycles. The standard InChI is InChI=1S/C12H9ClIN3O2/c13-8-6-7(14)4-5-10(8)16-11-3-1-2-9(15)12(11)17(18)19/h1-6,16H,15H2. The van der Waals surface area contributed by atoms with Crippen LogP contribution >= 0.6 is 34.2 Å². The molecule has 0 atom stereocenters. The van der Waals surface area contributed by atoms with Gasteiger partial charge in [-0.3, -0.25) is 10.1 Å². The lowest BCUT2D eigenvalue weighted by Gasteiger charge is -2.10. The van der Waals surface area contributed by atoms with Gasteiger partial charge in [-0.2, -0.15) is 0 Å². The van der Waals surface area contributed by atoms with E-state index in [0.29, 0.717) is 16.4 Å². The van der Waals surface area contributed by atoms with E-state index in [9.17, 15) is 10.1 Å². The second-order valence-corrected chi connectivity index (χ2v) is 5.40. The summed E-state index contributed by atoms with van der Waals surface area (Å²) < 4.78 is 0.982. The highest BCUT2D eigenvalue weighted by Gasteiger charge is 2.18. The van der Waals surface area contributed by atoms with Crippen LogP contribution in [-0.4, -0.2) is 4.92 Å². The third-order valence-electron chi connectivity index (χ3n) is 2.45. The Bertz CT molecular complexity index is 649. The molecule has 2 aromatic rings. The Morgan fingerprint density at radius 3 is 2.63 bits per heavy atom. The van der Waals surface area contributed by atoms with Gasteiger partial charge in [0.05, 0.1) is 15.6 Å². The molecule has 19 heavy (non-hydrogen) atoms. The molecule has 2 rings (SSSR count). The lowest BCUT2D eigenvalue weighted by atomic mass is 10.2. The Labute approximate surface area is 128 Å². The van der Waals surface area contributed by atoms with Gasteiger partial charge >= 0.3 is 5.69 Å². The van der Waals surface area contributed by atoms with Crippen LogP contribution in [0.1, 0.15) is 0 Å². The van der Waals surface area contributed by atoms with Crippen LogP contribution in [0, 0.1) is 13.7 Å². The Morgan fingerprint density at radius 1 is 1.26 bits per heavy atom. The Balaban J connectivity index is 2.44. The minimum Gasteiger partial charge on any atom is -0.393 e. The summed E-state index contributed by atoms with van der Waals surface area (Å²) in [6.45, 7) is 0. The number of nitro groups is 1. The van der Waals surface area contributed by atoms with Gasteiger partial charge in [0.1, 0.15) is 11.4 Å². The fourth-order valence-corrected chi connectivity index (χ4v) is 2.51. The second kappa shape index (κ2) is 5.62. The quantitative estimate of drug-likeness (QED) is 0.357. The Morgan fingerprint density at radius 2 is 2.00 bits per heavy atom. The summed E-state index contributed by atoms with van der Waals surface area (Å²) in [5, 5.41) is 14.4. The number of halogens is 2. The smallest absolute Gasteiger partial charge is 0.315 e. The highest BCUT2D eigenvalue weighted by atomic mass is 127. The van der Waals surface area contributed by atoms with Crippen molar-refractivity contribution >= 4 is 56.9 Å². The van der Waals surface area contributed by atoms with Crippen molar-refractivity contribution in [2.24, 2.45) is 0 Å².